The van der Waals surface area contributed by atoms with E-state index in [9.17, 15) is 13.6 Å². The van der Waals surface area contributed by atoms with Gasteiger partial charge < -0.3 is 14.5 Å². The summed E-state index contributed by atoms with van der Waals surface area (Å²) in [6.45, 7) is 2.02. The summed E-state index contributed by atoms with van der Waals surface area (Å²) in [6, 6.07) is 2.41. The number of esters is 1. The van der Waals surface area contributed by atoms with E-state index in [1.165, 1.54) is 6.07 Å². The molecule has 0 bridgehead atoms. The molecule has 0 amide bonds. The van der Waals surface area contributed by atoms with Crippen LogP contribution in [-0.4, -0.2) is 18.1 Å². The van der Waals surface area contributed by atoms with Gasteiger partial charge in [0.25, 0.3) is 0 Å². The molecule has 112 valence electrons. The van der Waals surface area contributed by atoms with Crippen molar-refractivity contribution < 1.29 is 22.7 Å². The summed E-state index contributed by atoms with van der Waals surface area (Å²) in [5.41, 5.74) is -0.540. The van der Waals surface area contributed by atoms with Gasteiger partial charge >= 0.3 is 5.97 Å². The molecule has 5 nitrogen and oxygen atoms in total. The van der Waals surface area contributed by atoms with Gasteiger partial charge in [0.05, 0.1) is 31.1 Å². The Morgan fingerprint density at radius 2 is 2.14 bits per heavy atom. The Labute approximate surface area is 119 Å². The number of anilines is 1. The van der Waals surface area contributed by atoms with Crippen molar-refractivity contribution in [2.45, 2.75) is 19.9 Å². The highest BCUT2D eigenvalue weighted by Crippen LogP contribution is 2.22. The maximum absolute atomic E-state index is 13.8. The van der Waals surface area contributed by atoms with Crippen LogP contribution in [0.1, 0.15) is 28.9 Å². The van der Waals surface area contributed by atoms with E-state index in [0.717, 1.165) is 13.2 Å². The quantitative estimate of drug-likeness (QED) is 0.859. The smallest absolute Gasteiger partial charge is 0.340 e. The van der Waals surface area contributed by atoms with Crippen LogP contribution in [0.4, 0.5) is 14.5 Å². The number of hydrogen-bond acceptors (Lipinski definition) is 5. The van der Waals surface area contributed by atoms with Gasteiger partial charge in [-0.05, 0) is 12.1 Å². The molecular formula is C14H14F2N2O3. The van der Waals surface area contributed by atoms with Crippen LogP contribution in [0.3, 0.4) is 0 Å². The maximum Gasteiger partial charge on any atom is 0.340 e. The number of nitrogens with one attached hydrogen (secondary N) is 1. The minimum absolute atomic E-state index is 0.0867. The fourth-order valence-corrected chi connectivity index (χ4v) is 1.72. The molecule has 0 aliphatic rings. The number of carbonyl (C=O) groups is 1. The third kappa shape index (κ3) is 3.18. The Morgan fingerprint density at radius 3 is 2.76 bits per heavy atom. The number of aryl methyl sites for hydroxylation is 1. The number of aromatic nitrogens is 1. The average molecular weight is 296 g/mol. The van der Waals surface area contributed by atoms with Crippen molar-refractivity contribution in [3.8, 4) is 0 Å². The molecule has 2 rings (SSSR count). The molecule has 0 spiro atoms. The van der Waals surface area contributed by atoms with Gasteiger partial charge in [0.2, 0.25) is 5.89 Å². The van der Waals surface area contributed by atoms with Crippen LogP contribution in [0.5, 0.6) is 0 Å². The van der Waals surface area contributed by atoms with Crippen molar-refractivity contribution in [1.29, 1.82) is 0 Å². The van der Waals surface area contributed by atoms with E-state index in [2.05, 4.69) is 15.0 Å². The number of halogens is 2. The first kappa shape index (κ1) is 15.0. The summed E-state index contributed by atoms with van der Waals surface area (Å²) >= 11 is 0. The highest BCUT2D eigenvalue weighted by Gasteiger charge is 2.19. The zero-order valence-corrected chi connectivity index (χ0v) is 11.6. The fourth-order valence-electron chi connectivity index (χ4n) is 1.72. The van der Waals surface area contributed by atoms with Gasteiger partial charge in [0.15, 0.2) is 11.6 Å². The van der Waals surface area contributed by atoms with E-state index < -0.39 is 23.2 Å². The van der Waals surface area contributed by atoms with Gasteiger partial charge in [0.1, 0.15) is 5.76 Å². The van der Waals surface area contributed by atoms with Crippen LogP contribution >= 0.6 is 0 Å². The molecule has 0 saturated heterocycles. The molecule has 1 heterocycles. The zero-order chi connectivity index (χ0) is 15.4. The molecule has 0 atom stereocenters. The molecule has 21 heavy (non-hydrogen) atoms. The summed E-state index contributed by atoms with van der Waals surface area (Å²) in [7, 11) is 1.10. The second-order valence-electron chi connectivity index (χ2n) is 4.21. The standard InChI is InChI=1S/C14H14F2N2O3/c1-3-8-6-18-11(21-8)7-17-10-5-4-9(14(19)20-2)12(15)13(10)16/h4-6,17H,3,7H2,1-2H3. The summed E-state index contributed by atoms with van der Waals surface area (Å²) < 4.78 is 37.3. The summed E-state index contributed by atoms with van der Waals surface area (Å²) in [5.74, 6) is -2.27. The Balaban J connectivity index is 2.14. The third-order valence-electron chi connectivity index (χ3n) is 2.87. The molecule has 1 aromatic carbocycles. The van der Waals surface area contributed by atoms with Gasteiger partial charge in [0, 0.05) is 6.42 Å². The molecular weight excluding hydrogens is 282 g/mol. The molecule has 0 fully saturated rings. The topological polar surface area (TPSA) is 64.4 Å². The highest BCUT2D eigenvalue weighted by atomic mass is 19.2. The molecule has 0 unspecified atom stereocenters. The SMILES string of the molecule is CCc1cnc(CNc2ccc(C(=O)OC)c(F)c2F)o1. The number of methoxy groups -OCH3 is 1. The number of carbonyl (C=O) groups excluding carboxylic acids is 1. The monoisotopic (exact) mass is 296 g/mol. The lowest BCUT2D eigenvalue weighted by molar-refractivity contribution is 0.0594. The number of nitrogens with zero attached hydrogens (tertiary/aromatic N) is 1. The second-order valence-corrected chi connectivity index (χ2v) is 4.21. The molecule has 0 aliphatic heterocycles. The first-order valence-corrected chi connectivity index (χ1v) is 6.30. The predicted molar refractivity (Wildman–Crippen MR) is 70.9 cm³/mol. The number of benzene rings is 1. The van der Waals surface area contributed by atoms with E-state index in [0.29, 0.717) is 18.1 Å². The Morgan fingerprint density at radius 1 is 1.38 bits per heavy atom. The number of rotatable bonds is 5. The van der Waals surface area contributed by atoms with Crippen LogP contribution in [0.15, 0.2) is 22.7 Å². The summed E-state index contributed by atoms with van der Waals surface area (Å²) in [5, 5.41) is 2.67. The zero-order valence-electron chi connectivity index (χ0n) is 11.6. The van der Waals surface area contributed by atoms with Gasteiger partial charge in [-0.3, -0.25) is 0 Å². The van der Waals surface area contributed by atoms with Crippen molar-refractivity contribution in [2.75, 3.05) is 12.4 Å². The van der Waals surface area contributed by atoms with E-state index >= 15 is 0 Å². The molecule has 0 radical (unpaired) electrons. The number of ether oxygens (including phenoxy) is 1. The lowest BCUT2D eigenvalue weighted by atomic mass is 10.2. The summed E-state index contributed by atoms with van der Waals surface area (Å²) in [6.07, 6.45) is 2.28. The van der Waals surface area contributed by atoms with Crippen LogP contribution < -0.4 is 5.32 Å². The van der Waals surface area contributed by atoms with Crippen molar-refractivity contribution in [2.24, 2.45) is 0 Å². The van der Waals surface area contributed by atoms with E-state index in [-0.39, 0.29) is 12.2 Å². The van der Waals surface area contributed by atoms with Crippen LogP contribution in [0, 0.1) is 11.6 Å². The van der Waals surface area contributed by atoms with Crippen molar-refractivity contribution in [3.63, 3.8) is 0 Å². The average Bonchev–Trinajstić information content (AvgIpc) is 2.96. The maximum atomic E-state index is 13.8. The molecule has 0 aliphatic carbocycles. The Hall–Kier alpha value is -2.44. The van der Waals surface area contributed by atoms with Crippen LogP contribution in [-0.2, 0) is 17.7 Å². The normalized spacial score (nSPS) is 10.5. The fraction of sp³-hybridized carbons (Fsp3) is 0.286. The molecule has 1 N–H and O–H groups in total. The minimum Gasteiger partial charge on any atom is -0.465 e. The lowest BCUT2D eigenvalue weighted by Crippen LogP contribution is -2.09. The van der Waals surface area contributed by atoms with E-state index in [1.54, 1.807) is 6.20 Å². The van der Waals surface area contributed by atoms with Crippen LogP contribution in [0.2, 0.25) is 0 Å². The molecule has 0 saturated carbocycles. The second kappa shape index (κ2) is 6.34. The van der Waals surface area contributed by atoms with Crippen molar-refractivity contribution >= 4 is 11.7 Å². The summed E-state index contributed by atoms with van der Waals surface area (Å²) in [4.78, 5) is 15.2. The Kier molecular flexibility index (Phi) is 4.52. The predicted octanol–water partition coefficient (Wildman–Crippen LogP) is 2.91. The number of hydrogen-bond donors (Lipinski definition) is 1. The van der Waals surface area contributed by atoms with Gasteiger partial charge in [-0.1, -0.05) is 6.92 Å². The largest absolute Gasteiger partial charge is 0.465 e. The first-order chi connectivity index (χ1) is 10.1. The molecule has 1 aromatic heterocycles. The number of oxazole rings is 1. The van der Waals surface area contributed by atoms with E-state index in [1.807, 2.05) is 6.92 Å². The minimum atomic E-state index is -1.26. The lowest BCUT2D eigenvalue weighted by Gasteiger charge is -2.08. The highest BCUT2D eigenvalue weighted by molar-refractivity contribution is 5.90. The van der Waals surface area contributed by atoms with E-state index in [4.69, 9.17) is 4.42 Å². The van der Waals surface area contributed by atoms with Crippen LogP contribution in [0.25, 0.3) is 0 Å². The Bertz CT molecular complexity index is 656. The van der Waals surface area contributed by atoms with Gasteiger partial charge in [-0.25, -0.2) is 18.6 Å². The van der Waals surface area contributed by atoms with Gasteiger partial charge in [-0.2, -0.15) is 0 Å². The van der Waals surface area contributed by atoms with Crippen molar-refractivity contribution in [1.82, 2.24) is 4.98 Å². The van der Waals surface area contributed by atoms with Gasteiger partial charge in [-0.15, -0.1) is 0 Å². The van der Waals surface area contributed by atoms with Crippen molar-refractivity contribution in [3.05, 3.63) is 47.2 Å². The third-order valence-corrected chi connectivity index (χ3v) is 2.87. The molecule has 7 heteroatoms. The molecule has 2 aromatic rings. The first-order valence-electron chi connectivity index (χ1n) is 6.30.